The van der Waals surface area contributed by atoms with E-state index in [0.717, 1.165) is 17.7 Å². The van der Waals surface area contributed by atoms with E-state index in [-0.39, 0.29) is 0 Å². The molecule has 2 rings (SSSR count). The average molecular weight is 235 g/mol. The lowest BCUT2D eigenvalue weighted by Crippen LogP contribution is -1.96. The van der Waals surface area contributed by atoms with Gasteiger partial charge in [-0.05, 0) is 18.6 Å². The first-order valence-corrected chi connectivity index (χ1v) is 5.43. The van der Waals surface area contributed by atoms with Crippen LogP contribution in [0.4, 0.5) is 0 Å². The first-order valence-electron chi connectivity index (χ1n) is 5.06. The highest BCUT2D eigenvalue weighted by Crippen LogP contribution is 2.22. The van der Waals surface area contributed by atoms with Crippen LogP contribution in [0.2, 0.25) is 5.15 Å². The fourth-order valence-corrected chi connectivity index (χ4v) is 1.86. The van der Waals surface area contributed by atoms with Crippen molar-refractivity contribution in [3.8, 4) is 5.69 Å². The number of hydrogen-bond acceptors (Lipinski definition) is 2. The Kier molecular flexibility index (Phi) is 3.06. The van der Waals surface area contributed by atoms with Crippen LogP contribution < -0.4 is 0 Å². The summed E-state index contributed by atoms with van der Waals surface area (Å²) < 4.78 is 1.59. The van der Waals surface area contributed by atoms with Gasteiger partial charge in [0.15, 0.2) is 6.29 Å². The Hall–Kier alpha value is -1.61. The zero-order chi connectivity index (χ0) is 11.5. The number of aryl methyl sites for hydroxylation is 1. The maximum Gasteiger partial charge on any atom is 0.155 e. The molecule has 82 valence electrons. The van der Waals surface area contributed by atoms with Gasteiger partial charge in [0.05, 0.1) is 16.9 Å². The number of aldehydes is 1. The summed E-state index contributed by atoms with van der Waals surface area (Å²) in [6, 6.07) is 9.52. The van der Waals surface area contributed by atoms with Crippen LogP contribution in [0.5, 0.6) is 0 Å². The molecule has 1 aromatic heterocycles. The van der Waals surface area contributed by atoms with Crippen molar-refractivity contribution in [1.29, 1.82) is 0 Å². The highest BCUT2D eigenvalue weighted by Gasteiger charge is 2.14. The number of carbonyl (C=O) groups is 1. The fourth-order valence-electron chi connectivity index (χ4n) is 1.57. The molecule has 3 nitrogen and oxygen atoms in total. The molecule has 0 radical (unpaired) electrons. The third-order valence-corrected chi connectivity index (χ3v) is 2.76. The first-order chi connectivity index (χ1) is 7.77. The zero-order valence-corrected chi connectivity index (χ0v) is 9.61. The van der Waals surface area contributed by atoms with E-state index in [4.69, 9.17) is 11.6 Å². The maximum absolute atomic E-state index is 10.9. The highest BCUT2D eigenvalue weighted by molar-refractivity contribution is 6.32. The number of benzene rings is 1. The van der Waals surface area contributed by atoms with Gasteiger partial charge in [-0.15, -0.1) is 0 Å². The Morgan fingerprint density at radius 2 is 2.06 bits per heavy atom. The van der Waals surface area contributed by atoms with E-state index in [1.165, 1.54) is 0 Å². The maximum atomic E-state index is 10.9. The zero-order valence-electron chi connectivity index (χ0n) is 8.85. The van der Waals surface area contributed by atoms with Gasteiger partial charge in [-0.1, -0.05) is 36.7 Å². The van der Waals surface area contributed by atoms with Crippen LogP contribution in [0.25, 0.3) is 5.69 Å². The summed E-state index contributed by atoms with van der Waals surface area (Å²) in [5.74, 6) is 0. The second-order valence-corrected chi connectivity index (χ2v) is 3.73. The number of carbonyl (C=O) groups excluding carboxylic acids is 1. The van der Waals surface area contributed by atoms with Crippen molar-refractivity contribution in [2.45, 2.75) is 13.3 Å². The van der Waals surface area contributed by atoms with Crippen LogP contribution in [0.15, 0.2) is 30.3 Å². The smallest absolute Gasteiger partial charge is 0.155 e. The number of hydrogen-bond donors (Lipinski definition) is 0. The Morgan fingerprint density at radius 3 is 2.56 bits per heavy atom. The van der Waals surface area contributed by atoms with Gasteiger partial charge in [-0.2, -0.15) is 5.10 Å². The molecule has 0 unspecified atom stereocenters. The van der Waals surface area contributed by atoms with Gasteiger partial charge in [0, 0.05) is 0 Å². The summed E-state index contributed by atoms with van der Waals surface area (Å²) in [6.07, 6.45) is 1.45. The summed E-state index contributed by atoms with van der Waals surface area (Å²) in [6.45, 7) is 1.95. The van der Waals surface area contributed by atoms with Gasteiger partial charge in [0.1, 0.15) is 5.15 Å². The topological polar surface area (TPSA) is 34.9 Å². The molecule has 0 N–H and O–H groups in total. The first kappa shape index (κ1) is 10.9. The summed E-state index contributed by atoms with van der Waals surface area (Å²) in [7, 11) is 0. The summed E-state index contributed by atoms with van der Waals surface area (Å²) in [4.78, 5) is 10.9. The Morgan fingerprint density at radius 1 is 1.38 bits per heavy atom. The van der Waals surface area contributed by atoms with E-state index in [1.54, 1.807) is 4.68 Å². The summed E-state index contributed by atoms with van der Waals surface area (Å²) in [5, 5.41) is 4.70. The normalized spacial score (nSPS) is 10.4. The lowest BCUT2D eigenvalue weighted by molar-refractivity contribution is 0.112. The van der Waals surface area contributed by atoms with Crippen LogP contribution >= 0.6 is 11.6 Å². The molecule has 4 heteroatoms. The van der Waals surface area contributed by atoms with E-state index in [2.05, 4.69) is 5.10 Å². The number of para-hydroxylation sites is 1. The minimum Gasteiger partial charge on any atom is -0.298 e. The van der Waals surface area contributed by atoms with Crippen LogP contribution in [0.3, 0.4) is 0 Å². The van der Waals surface area contributed by atoms with Gasteiger partial charge >= 0.3 is 0 Å². The van der Waals surface area contributed by atoms with E-state index in [9.17, 15) is 4.79 Å². The molecule has 0 atom stereocenters. The average Bonchev–Trinajstić information content (AvgIpc) is 2.66. The molecule has 0 spiro atoms. The van der Waals surface area contributed by atoms with E-state index in [1.807, 2.05) is 37.3 Å². The molecule has 0 saturated carbocycles. The lowest BCUT2D eigenvalue weighted by atomic mass is 10.2. The quantitative estimate of drug-likeness (QED) is 0.766. The van der Waals surface area contributed by atoms with Crippen molar-refractivity contribution in [2.75, 3.05) is 0 Å². The summed E-state index contributed by atoms with van der Waals surface area (Å²) >= 11 is 6.11. The Balaban J connectivity index is 2.59. The molecule has 16 heavy (non-hydrogen) atoms. The minimum absolute atomic E-state index is 0.373. The third kappa shape index (κ3) is 1.74. The van der Waals surface area contributed by atoms with Crippen molar-refractivity contribution in [1.82, 2.24) is 9.78 Å². The van der Waals surface area contributed by atoms with Gasteiger partial charge in [0.2, 0.25) is 0 Å². The van der Waals surface area contributed by atoms with Crippen LogP contribution in [-0.4, -0.2) is 16.1 Å². The van der Waals surface area contributed by atoms with Crippen LogP contribution in [-0.2, 0) is 6.42 Å². The molecule has 0 aliphatic carbocycles. The van der Waals surface area contributed by atoms with Crippen molar-refractivity contribution in [3.63, 3.8) is 0 Å². The standard InChI is InChI=1S/C12H11ClN2O/c1-2-11-10(8-16)12(13)15(14-11)9-6-4-3-5-7-9/h3-8H,2H2,1H3. The monoisotopic (exact) mass is 234 g/mol. The molecule has 1 heterocycles. The molecular weight excluding hydrogens is 224 g/mol. The van der Waals surface area contributed by atoms with Gasteiger partial charge in [0.25, 0.3) is 0 Å². The molecule has 0 amide bonds. The van der Waals surface area contributed by atoms with Crippen molar-refractivity contribution < 1.29 is 4.79 Å². The Bertz CT molecular complexity index is 505. The van der Waals surface area contributed by atoms with E-state index in [0.29, 0.717) is 17.1 Å². The van der Waals surface area contributed by atoms with Crippen LogP contribution in [0.1, 0.15) is 23.0 Å². The molecule has 0 bridgehead atoms. The third-order valence-electron chi connectivity index (χ3n) is 2.39. The molecule has 0 saturated heterocycles. The van der Waals surface area contributed by atoms with Crippen LogP contribution in [0, 0.1) is 0 Å². The van der Waals surface area contributed by atoms with E-state index >= 15 is 0 Å². The molecule has 0 aliphatic rings. The number of halogens is 1. The Labute approximate surface area is 98.7 Å². The summed E-state index contributed by atoms with van der Waals surface area (Å²) in [5.41, 5.74) is 2.06. The van der Waals surface area contributed by atoms with Gasteiger partial charge in [-0.25, -0.2) is 4.68 Å². The number of nitrogens with zero attached hydrogens (tertiary/aromatic N) is 2. The second kappa shape index (κ2) is 4.49. The van der Waals surface area contributed by atoms with E-state index < -0.39 is 0 Å². The van der Waals surface area contributed by atoms with Crippen molar-refractivity contribution in [2.24, 2.45) is 0 Å². The minimum atomic E-state index is 0.373. The highest BCUT2D eigenvalue weighted by atomic mass is 35.5. The van der Waals surface area contributed by atoms with Crippen molar-refractivity contribution in [3.05, 3.63) is 46.7 Å². The van der Waals surface area contributed by atoms with Gasteiger partial charge in [-0.3, -0.25) is 4.79 Å². The lowest BCUT2D eigenvalue weighted by Gasteiger charge is -2.01. The van der Waals surface area contributed by atoms with Crippen molar-refractivity contribution >= 4 is 17.9 Å². The SMILES string of the molecule is CCc1nn(-c2ccccc2)c(Cl)c1C=O. The largest absolute Gasteiger partial charge is 0.298 e. The molecule has 2 aromatic rings. The number of aromatic nitrogens is 2. The number of rotatable bonds is 3. The van der Waals surface area contributed by atoms with Gasteiger partial charge < -0.3 is 0 Å². The predicted octanol–water partition coefficient (Wildman–Crippen LogP) is 2.90. The molecule has 0 aliphatic heterocycles. The molecular formula is C12H11ClN2O. The molecule has 1 aromatic carbocycles. The predicted molar refractivity (Wildman–Crippen MR) is 63.3 cm³/mol. The molecule has 0 fully saturated rings. The second-order valence-electron chi connectivity index (χ2n) is 3.37. The fraction of sp³-hybridized carbons (Fsp3) is 0.167.